The van der Waals surface area contributed by atoms with Crippen LogP contribution >= 0.6 is 0 Å². The van der Waals surface area contributed by atoms with Gasteiger partial charge in [0.15, 0.2) is 6.61 Å². The number of rotatable bonds is 3. The van der Waals surface area contributed by atoms with Gasteiger partial charge in [-0.25, -0.2) is 0 Å². The molecule has 1 aliphatic heterocycles. The van der Waals surface area contributed by atoms with Crippen molar-refractivity contribution in [3.63, 3.8) is 0 Å². The molecule has 0 bridgehead atoms. The van der Waals surface area contributed by atoms with Gasteiger partial charge in [0, 0.05) is 6.42 Å². The Bertz CT molecular complexity index is 595. The van der Waals surface area contributed by atoms with E-state index in [0.717, 1.165) is 0 Å². The number of hydrogen-bond acceptors (Lipinski definition) is 4. The summed E-state index contributed by atoms with van der Waals surface area (Å²) in [5, 5.41) is 2.77. The first kappa shape index (κ1) is 15.0. The Balaban J connectivity index is 2.32. The number of nitrogens with zero attached hydrogens (tertiary/aromatic N) is 1. The number of hydrogen-bond donors (Lipinski definition) is 1. The van der Waals surface area contributed by atoms with E-state index in [1.807, 2.05) is 0 Å². The molecule has 0 aliphatic carbocycles. The van der Waals surface area contributed by atoms with E-state index in [4.69, 9.17) is 4.74 Å². The molecule has 1 aromatic carbocycles. The summed E-state index contributed by atoms with van der Waals surface area (Å²) in [5.41, 5.74) is 0.112. The monoisotopic (exact) mass is 290 g/mol. The predicted molar refractivity (Wildman–Crippen MR) is 77.9 cm³/mol. The molecule has 2 amide bonds. The summed E-state index contributed by atoms with van der Waals surface area (Å²) in [7, 11) is 0. The maximum absolute atomic E-state index is 12.4. The van der Waals surface area contributed by atoms with E-state index in [9.17, 15) is 14.4 Å². The zero-order chi connectivity index (χ0) is 15.6. The molecule has 0 aromatic heterocycles. The van der Waals surface area contributed by atoms with Crippen LogP contribution in [0.5, 0.6) is 0 Å². The SMILES string of the molecule is CCC(=O)OCC(=O)N1c2ccccc2NC(=O)C1(C)C. The van der Waals surface area contributed by atoms with Gasteiger partial charge in [0.2, 0.25) is 5.91 Å². The normalized spacial score (nSPS) is 16.0. The van der Waals surface area contributed by atoms with Crippen LogP contribution in [0, 0.1) is 0 Å². The number of benzene rings is 1. The second-order valence-corrected chi connectivity index (χ2v) is 5.27. The third-order valence-corrected chi connectivity index (χ3v) is 3.40. The molecule has 6 heteroatoms. The number of anilines is 2. The van der Waals surface area contributed by atoms with Crippen LogP contribution in [0.2, 0.25) is 0 Å². The van der Waals surface area contributed by atoms with Gasteiger partial charge < -0.3 is 10.1 Å². The van der Waals surface area contributed by atoms with Crippen LogP contribution in [0.1, 0.15) is 27.2 Å². The smallest absolute Gasteiger partial charge is 0.306 e. The molecule has 1 aliphatic rings. The molecule has 112 valence electrons. The van der Waals surface area contributed by atoms with Crippen molar-refractivity contribution >= 4 is 29.2 Å². The fraction of sp³-hybridized carbons (Fsp3) is 0.400. The van der Waals surface area contributed by atoms with Crippen molar-refractivity contribution in [1.82, 2.24) is 0 Å². The molecule has 1 aromatic rings. The lowest BCUT2D eigenvalue weighted by atomic mass is 9.96. The largest absolute Gasteiger partial charge is 0.456 e. The van der Waals surface area contributed by atoms with Crippen LogP contribution in [-0.4, -0.2) is 29.9 Å². The van der Waals surface area contributed by atoms with Crippen LogP contribution in [0.25, 0.3) is 0 Å². The summed E-state index contributed by atoms with van der Waals surface area (Å²) >= 11 is 0. The Kier molecular flexibility index (Phi) is 3.97. The first-order valence-corrected chi connectivity index (χ1v) is 6.77. The number of carbonyl (C=O) groups excluding carboxylic acids is 3. The fourth-order valence-corrected chi connectivity index (χ4v) is 2.21. The van der Waals surface area contributed by atoms with E-state index in [1.54, 1.807) is 45.0 Å². The lowest BCUT2D eigenvalue weighted by molar-refractivity contribution is -0.147. The van der Waals surface area contributed by atoms with Crippen LogP contribution < -0.4 is 10.2 Å². The average Bonchev–Trinajstić information content (AvgIpc) is 2.45. The van der Waals surface area contributed by atoms with Crippen molar-refractivity contribution in [1.29, 1.82) is 0 Å². The number of fused-ring (bicyclic) bond motifs is 1. The van der Waals surface area contributed by atoms with Crippen LogP contribution in [-0.2, 0) is 19.1 Å². The van der Waals surface area contributed by atoms with Crippen molar-refractivity contribution in [2.75, 3.05) is 16.8 Å². The number of ether oxygens (including phenoxy) is 1. The summed E-state index contributed by atoms with van der Waals surface area (Å²) in [6.07, 6.45) is 0.202. The van der Waals surface area contributed by atoms with E-state index in [-0.39, 0.29) is 18.9 Å². The highest BCUT2D eigenvalue weighted by molar-refractivity contribution is 6.14. The van der Waals surface area contributed by atoms with Gasteiger partial charge in [-0.15, -0.1) is 0 Å². The number of carbonyl (C=O) groups is 3. The average molecular weight is 290 g/mol. The minimum atomic E-state index is -1.05. The predicted octanol–water partition coefficient (Wildman–Crippen LogP) is 1.70. The van der Waals surface area contributed by atoms with Gasteiger partial charge in [-0.2, -0.15) is 0 Å². The van der Waals surface area contributed by atoms with Gasteiger partial charge in [0.1, 0.15) is 5.54 Å². The lowest BCUT2D eigenvalue weighted by Gasteiger charge is -2.41. The molecule has 1 heterocycles. The maximum Gasteiger partial charge on any atom is 0.306 e. The highest BCUT2D eigenvalue weighted by Gasteiger charge is 2.43. The molecule has 0 unspecified atom stereocenters. The van der Waals surface area contributed by atoms with Crippen molar-refractivity contribution in [3.8, 4) is 0 Å². The molecular formula is C15H18N2O4. The van der Waals surface area contributed by atoms with Gasteiger partial charge in [0.05, 0.1) is 11.4 Å². The quantitative estimate of drug-likeness (QED) is 0.860. The standard InChI is InChI=1S/C15H18N2O4/c1-4-13(19)21-9-12(18)17-11-8-6-5-7-10(11)16-14(20)15(17,2)3/h5-8H,4,9H2,1-3H3,(H,16,20). The van der Waals surface area contributed by atoms with E-state index in [2.05, 4.69) is 5.32 Å². The molecular weight excluding hydrogens is 272 g/mol. The zero-order valence-electron chi connectivity index (χ0n) is 12.3. The molecule has 0 atom stereocenters. The number of amides is 2. The Morgan fingerprint density at radius 3 is 2.62 bits per heavy atom. The Morgan fingerprint density at radius 2 is 1.95 bits per heavy atom. The topological polar surface area (TPSA) is 75.7 Å². The summed E-state index contributed by atoms with van der Waals surface area (Å²) in [6.45, 7) is 4.58. The fourth-order valence-electron chi connectivity index (χ4n) is 2.21. The van der Waals surface area contributed by atoms with Gasteiger partial charge >= 0.3 is 5.97 Å². The second-order valence-electron chi connectivity index (χ2n) is 5.27. The number of esters is 1. The maximum atomic E-state index is 12.4. The first-order chi connectivity index (χ1) is 9.87. The number of para-hydroxylation sites is 2. The molecule has 0 spiro atoms. The molecule has 0 saturated carbocycles. The van der Waals surface area contributed by atoms with Crippen molar-refractivity contribution in [2.24, 2.45) is 0 Å². The van der Waals surface area contributed by atoms with Crippen LogP contribution in [0.3, 0.4) is 0 Å². The van der Waals surface area contributed by atoms with Crippen molar-refractivity contribution < 1.29 is 19.1 Å². The van der Waals surface area contributed by atoms with Crippen LogP contribution in [0.15, 0.2) is 24.3 Å². The Labute approximate surface area is 123 Å². The van der Waals surface area contributed by atoms with Gasteiger partial charge in [-0.1, -0.05) is 19.1 Å². The molecule has 0 saturated heterocycles. The second kappa shape index (κ2) is 5.55. The molecule has 21 heavy (non-hydrogen) atoms. The molecule has 0 radical (unpaired) electrons. The third kappa shape index (κ3) is 2.74. The van der Waals surface area contributed by atoms with E-state index in [0.29, 0.717) is 11.4 Å². The number of nitrogens with one attached hydrogen (secondary N) is 1. The minimum Gasteiger partial charge on any atom is -0.456 e. The van der Waals surface area contributed by atoms with Gasteiger partial charge in [-0.3, -0.25) is 19.3 Å². The first-order valence-electron chi connectivity index (χ1n) is 6.77. The molecule has 1 N–H and O–H groups in total. The molecule has 6 nitrogen and oxygen atoms in total. The van der Waals surface area contributed by atoms with Gasteiger partial charge in [-0.05, 0) is 26.0 Å². The zero-order valence-corrected chi connectivity index (χ0v) is 12.3. The minimum absolute atomic E-state index is 0.202. The third-order valence-electron chi connectivity index (χ3n) is 3.40. The highest BCUT2D eigenvalue weighted by Crippen LogP contribution is 2.36. The summed E-state index contributed by atoms with van der Waals surface area (Å²) in [6, 6.07) is 7.03. The Hall–Kier alpha value is -2.37. The molecule has 2 rings (SSSR count). The summed E-state index contributed by atoms with van der Waals surface area (Å²) < 4.78 is 4.89. The van der Waals surface area contributed by atoms with E-state index < -0.39 is 17.4 Å². The van der Waals surface area contributed by atoms with Gasteiger partial charge in [0.25, 0.3) is 5.91 Å². The van der Waals surface area contributed by atoms with E-state index >= 15 is 0 Å². The Morgan fingerprint density at radius 1 is 1.29 bits per heavy atom. The molecule has 0 fully saturated rings. The lowest BCUT2D eigenvalue weighted by Crippen LogP contribution is -2.59. The summed E-state index contributed by atoms with van der Waals surface area (Å²) in [5.74, 6) is -1.16. The van der Waals surface area contributed by atoms with Crippen LogP contribution in [0.4, 0.5) is 11.4 Å². The van der Waals surface area contributed by atoms with Crippen molar-refractivity contribution in [2.45, 2.75) is 32.7 Å². The highest BCUT2D eigenvalue weighted by atomic mass is 16.5. The summed E-state index contributed by atoms with van der Waals surface area (Å²) in [4.78, 5) is 37.2. The van der Waals surface area contributed by atoms with E-state index in [1.165, 1.54) is 4.90 Å². The van der Waals surface area contributed by atoms with Crippen molar-refractivity contribution in [3.05, 3.63) is 24.3 Å².